The van der Waals surface area contributed by atoms with E-state index in [9.17, 15) is 19.5 Å². The van der Waals surface area contributed by atoms with Crippen LogP contribution in [0.5, 0.6) is 0 Å². The van der Waals surface area contributed by atoms with Crippen LogP contribution in [0.2, 0.25) is 0 Å². The maximum atomic E-state index is 13.4. The highest BCUT2D eigenvalue weighted by molar-refractivity contribution is 6.01. The summed E-state index contributed by atoms with van der Waals surface area (Å²) in [6.45, 7) is 1.48. The number of aromatic nitrogens is 2. The highest BCUT2D eigenvalue weighted by Gasteiger charge is 2.53. The molecule has 0 unspecified atom stereocenters. The molecule has 2 aliphatic heterocycles. The zero-order valence-corrected chi connectivity index (χ0v) is 18.7. The van der Waals surface area contributed by atoms with Crippen molar-refractivity contribution in [2.45, 2.75) is 24.9 Å². The van der Waals surface area contributed by atoms with E-state index < -0.39 is 23.5 Å². The van der Waals surface area contributed by atoms with Gasteiger partial charge in [-0.3, -0.25) is 20.3 Å². The summed E-state index contributed by atoms with van der Waals surface area (Å²) < 4.78 is 0. The number of nitrogens with two attached hydrogens (primary N) is 1. The molecule has 0 bridgehead atoms. The van der Waals surface area contributed by atoms with Crippen molar-refractivity contribution < 1.29 is 19.5 Å². The number of carboxylic acid groups (broad SMARTS) is 1. The number of H-pyrrole nitrogens is 1. The van der Waals surface area contributed by atoms with E-state index in [1.165, 1.54) is 0 Å². The number of nitrogens with one attached hydrogen (secondary N) is 1. The number of amides is 1. The van der Waals surface area contributed by atoms with E-state index in [0.29, 0.717) is 18.4 Å². The van der Waals surface area contributed by atoms with Crippen molar-refractivity contribution in [3.63, 3.8) is 0 Å². The van der Waals surface area contributed by atoms with Crippen LogP contribution in [-0.2, 0) is 9.59 Å². The molecule has 9 nitrogen and oxygen atoms in total. The van der Waals surface area contributed by atoms with Crippen LogP contribution in [0.3, 0.4) is 0 Å². The minimum atomic E-state index is -1.92. The number of nitrogens with zero attached hydrogens (tertiary/aromatic N) is 3. The number of fused-ring (bicyclic) bond motifs is 1. The van der Waals surface area contributed by atoms with Crippen molar-refractivity contribution >= 4 is 34.3 Å². The Morgan fingerprint density at radius 2 is 1.79 bits per heavy atom. The van der Waals surface area contributed by atoms with Gasteiger partial charge in [0.15, 0.2) is 5.66 Å². The van der Waals surface area contributed by atoms with Gasteiger partial charge in [-0.2, -0.15) is 0 Å². The first kappa shape index (κ1) is 22.1. The van der Waals surface area contributed by atoms with Crippen LogP contribution in [0.4, 0.5) is 5.69 Å². The number of benzene rings is 1. The lowest BCUT2D eigenvalue weighted by atomic mass is 9.84. The number of carbonyl (C=O) groups excluding carboxylic acids is 2. The lowest BCUT2D eigenvalue weighted by molar-refractivity contribution is -0.148. The monoisotopic (exact) mass is 461 g/mol. The van der Waals surface area contributed by atoms with Crippen molar-refractivity contribution in [3.8, 4) is 0 Å². The Morgan fingerprint density at radius 3 is 2.50 bits per heavy atom. The average molecular weight is 462 g/mol. The number of anilines is 1. The summed E-state index contributed by atoms with van der Waals surface area (Å²) in [5.41, 5.74) is 6.53. The zero-order valence-electron chi connectivity index (χ0n) is 18.7. The predicted octanol–water partition coefficient (Wildman–Crippen LogP) is 2.25. The van der Waals surface area contributed by atoms with Gasteiger partial charge in [-0.25, -0.2) is 4.79 Å². The molecule has 0 aliphatic carbocycles. The Hall–Kier alpha value is -3.72. The summed E-state index contributed by atoms with van der Waals surface area (Å²) in [5.74, 6) is -2.56. The topological polar surface area (TPSA) is 133 Å². The fraction of sp³-hybridized carbons (Fsp3) is 0.360. The number of carbonyl (C=O) groups is 3. The quantitative estimate of drug-likeness (QED) is 0.531. The van der Waals surface area contributed by atoms with Gasteiger partial charge in [-0.15, -0.1) is 0 Å². The van der Waals surface area contributed by atoms with Gasteiger partial charge in [0.2, 0.25) is 0 Å². The second-order valence-corrected chi connectivity index (χ2v) is 9.20. The molecule has 2 aliphatic rings. The molecule has 0 radical (unpaired) electrons. The number of carboxylic acids is 1. The van der Waals surface area contributed by atoms with Gasteiger partial charge in [-0.1, -0.05) is 6.07 Å². The first-order chi connectivity index (χ1) is 16.4. The lowest BCUT2D eigenvalue weighted by Gasteiger charge is -2.33. The minimum Gasteiger partial charge on any atom is -0.478 e. The summed E-state index contributed by atoms with van der Waals surface area (Å²) >= 11 is 0. The molecule has 4 N–H and O–H groups in total. The van der Waals surface area contributed by atoms with Gasteiger partial charge in [-0.05, 0) is 48.6 Å². The van der Waals surface area contributed by atoms with Gasteiger partial charge in [0.25, 0.3) is 5.91 Å². The van der Waals surface area contributed by atoms with E-state index in [2.05, 4.69) is 14.9 Å². The Balaban J connectivity index is 1.31. The van der Waals surface area contributed by atoms with Crippen molar-refractivity contribution in [2.24, 2.45) is 17.6 Å². The number of hydrogen-bond donors (Lipinski definition) is 3. The van der Waals surface area contributed by atoms with E-state index in [-0.39, 0.29) is 24.7 Å². The van der Waals surface area contributed by atoms with Crippen molar-refractivity contribution in [1.29, 1.82) is 0 Å². The molecule has 176 valence electrons. The van der Waals surface area contributed by atoms with Gasteiger partial charge < -0.3 is 19.9 Å². The maximum Gasteiger partial charge on any atom is 0.344 e. The molecular weight excluding hydrogens is 434 g/mol. The Labute approximate surface area is 196 Å². The third kappa shape index (κ3) is 3.81. The van der Waals surface area contributed by atoms with Crippen LogP contribution in [0.25, 0.3) is 10.9 Å². The van der Waals surface area contributed by atoms with Crippen molar-refractivity contribution in [1.82, 2.24) is 14.9 Å². The van der Waals surface area contributed by atoms with Crippen LogP contribution in [0.15, 0.2) is 55.0 Å². The molecule has 1 amide bonds. The summed E-state index contributed by atoms with van der Waals surface area (Å²) in [5, 5.41) is 10.8. The highest BCUT2D eigenvalue weighted by atomic mass is 16.4. The number of hydrogen-bond acceptors (Lipinski definition) is 6. The SMILES string of the molecule is N[C@@]1(C(=O)O)C[C@H](C(=O)C2CCN(c3ccncc3)CC2)CN1C(=O)c1ccc2cc[nH]c2c1. The standard InChI is InChI=1S/C25H27N5O4/c26-25(24(33)34)14-19(15-30(25)23(32)18-2-1-16-3-10-28-21(16)13-18)22(31)17-6-11-29(12-7-17)20-4-8-27-9-5-20/h1-5,8-10,13,17,19,28H,6-7,11-12,14-15,26H2,(H,33,34)/t19-,25-/m0/s1. The van der Waals surface area contributed by atoms with Crippen LogP contribution >= 0.6 is 0 Å². The van der Waals surface area contributed by atoms with E-state index in [0.717, 1.165) is 34.6 Å². The molecular formula is C25H27N5O4. The smallest absolute Gasteiger partial charge is 0.344 e. The largest absolute Gasteiger partial charge is 0.478 e. The Bertz CT molecular complexity index is 1230. The summed E-state index contributed by atoms with van der Waals surface area (Å²) in [7, 11) is 0. The second-order valence-electron chi connectivity index (χ2n) is 9.20. The number of aromatic amines is 1. The number of piperidine rings is 1. The van der Waals surface area contributed by atoms with E-state index in [1.54, 1.807) is 36.8 Å². The molecule has 0 spiro atoms. The molecule has 2 atom stereocenters. The summed E-state index contributed by atoms with van der Waals surface area (Å²) in [4.78, 5) is 49.3. The summed E-state index contributed by atoms with van der Waals surface area (Å²) in [6, 6.07) is 10.9. The van der Waals surface area contributed by atoms with Gasteiger partial charge in [0, 0.05) is 73.2 Å². The maximum absolute atomic E-state index is 13.4. The third-order valence-electron chi connectivity index (χ3n) is 7.19. The number of ketones is 1. The van der Waals surface area contributed by atoms with Gasteiger partial charge >= 0.3 is 5.97 Å². The molecule has 34 heavy (non-hydrogen) atoms. The molecule has 3 aromatic rings. The minimum absolute atomic E-state index is 0.000531. The summed E-state index contributed by atoms with van der Waals surface area (Å²) in [6.07, 6.45) is 6.55. The van der Waals surface area contributed by atoms with Crippen LogP contribution in [0.1, 0.15) is 29.6 Å². The van der Waals surface area contributed by atoms with E-state index in [4.69, 9.17) is 5.73 Å². The molecule has 2 aromatic heterocycles. The van der Waals surface area contributed by atoms with Crippen molar-refractivity contribution in [2.75, 3.05) is 24.5 Å². The predicted molar refractivity (Wildman–Crippen MR) is 126 cm³/mol. The van der Waals surface area contributed by atoms with Gasteiger partial charge in [0.05, 0.1) is 0 Å². The third-order valence-corrected chi connectivity index (χ3v) is 7.19. The van der Waals surface area contributed by atoms with Crippen LogP contribution in [-0.4, -0.2) is 62.9 Å². The van der Waals surface area contributed by atoms with E-state index in [1.807, 2.05) is 18.2 Å². The first-order valence-electron chi connectivity index (χ1n) is 11.5. The number of pyridine rings is 1. The zero-order chi connectivity index (χ0) is 23.9. The molecule has 4 heterocycles. The molecule has 2 fully saturated rings. The first-order valence-corrected chi connectivity index (χ1v) is 11.5. The normalized spacial score (nSPS) is 23.4. The molecule has 5 rings (SSSR count). The Kier molecular flexibility index (Phi) is 5.57. The fourth-order valence-electron chi connectivity index (χ4n) is 5.24. The molecule has 9 heteroatoms. The molecule has 0 saturated carbocycles. The highest BCUT2D eigenvalue weighted by Crippen LogP contribution is 2.35. The number of likely N-dealkylation sites (tertiary alicyclic amines) is 1. The van der Waals surface area contributed by atoms with E-state index >= 15 is 0 Å². The molecule has 1 aromatic carbocycles. The Morgan fingerprint density at radius 1 is 1.06 bits per heavy atom. The molecule has 2 saturated heterocycles. The van der Waals surface area contributed by atoms with Crippen molar-refractivity contribution in [3.05, 3.63) is 60.6 Å². The number of aliphatic carboxylic acids is 1. The fourth-order valence-corrected chi connectivity index (χ4v) is 5.24. The second kappa shape index (κ2) is 8.57. The van der Waals surface area contributed by atoms with Gasteiger partial charge in [0.1, 0.15) is 5.78 Å². The number of rotatable bonds is 5. The average Bonchev–Trinajstić information content (AvgIpc) is 3.48. The van der Waals surface area contributed by atoms with Crippen LogP contribution in [0, 0.1) is 11.8 Å². The number of Topliss-reactive ketones (excluding diaryl/α,β-unsaturated/α-hetero) is 1. The lowest BCUT2D eigenvalue weighted by Crippen LogP contribution is -2.59. The van der Waals surface area contributed by atoms with Crippen LogP contribution < -0.4 is 10.6 Å².